The number of nitrogens with zero attached hydrogens (tertiary/aromatic N) is 2. The van der Waals surface area contributed by atoms with Gasteiger partial charge in [0.1, 0.15) is 11.6 Å². The van der Waals surface area contributed by atoms with E-state index in [-0.39, 0.29) is 31.2 Å². The number of anilines is 1. The fourth-order valence-corrected chi connectivity index (χ4v) is 3.34. The van der Waals surface area contributed by atoms with Gasteiger partial charge in [-0.3, -0.25) is 9.59 Å². The van der Waals surface area contributed by atoms with Crippen LogP contribution in [0, 0.1) is 5.82 Å². The van der Waals surface area contributed by atoms with Crippen LogP contribution in [0.25, 0.3) is 10.8 Å². The number of nitrogens with two attached hydrogens (primary N) is 1. The molecule has 31 heavy (non-hydrogen) atoms. The number of rotatable bonds is 9. The molecule has 0 unspecified atom stereocenters. The maximum Gasteiger partial charge on any atom is 0.242 e. The van der Waals surface area contributed by atoms with E-state index in [9.17, 15) is 14.0 Å². The Bertz CT molecular complexity index is 1070. The SMILES string of the molecule is COc1ccc2cc(CN(C)C(=O)CN(CCC(N)=O)c3ccc(F)cc3)ccc2c1. The van der Waals surface area contributed by atoms with E-state index < -0.39 is 5.91 Å². The molecule has 0 saturated carbocycles. The molecule has 3 aromatic carbocycles. The summed E-state index contributed by atoms with van der Waals surface area (Å²) in [4.78, 5) is 27.5. The molecule has 0 fully saturated rings. The second kappa shape index (κ2) is 9.93. The first kappa shape index (κ1) is 22.1. The lowest BCUT2D eigenvalue weighted by molar-refractivity contribution is -0.129. The molecule has 0 saturated heterocycles. The standard InChI is InChI=1S/C24H26FN3O3/c1-27(15-17-3-4-19-14-22(31-2)10-5-18(19)13-17)24(30)16-28(12-11-23(26)29)21-8-6-20(25)7-9-21/h3-10,13-14H,11-12,15-16H2,1-2H3,(H2,26,29). The second-order valence-corrected chi connectivity index (χ2v) is 7.41. The number of ether oxygens (including phenoxy) is 1. The Morgan fingerprint density at radius 3 is 2.35 bits per heavy atom. The average Bonchev–Trinajstić information content (AvgIpc) is 2.76. The number of benzene rings is 3. The van der Waals surface area contributed by atoms with Crippen LogP contribution in [-0.2, 0) is 16.1 Å². The highest BCUT2D eigenvalue weighted by Crippen LogP contribution is 2.22. The van der Waals surface area contributed by atoms with E-state index in [1.54, 1.807) is 36.1 Å². The molecule has 0 heterocycles. The molecule has 0 aliphatic heterocycles. The molecule has 0 aliphatic rings. The summed E-state index contributed by atoms with van der Waals surface area (Å²) in [6.07, 6.45) is 0.0997. The maximum absolute atomic E-state index is 13.3. The zero-order valence-electron chi connectivity index (χ0n) is 17.7. The van der Waals surface area contributed by atoms with Crippen LogP contribution in [0.5, 0.6) is 5.75 Å². The summed E-state index contributed by atoms with van der Waals surface area (Å²) in [5, 5.41) is 2.12. The zero-order chi connectivity index (χ0) is 22.4. The Balaban J connectivity index is 1.70. The van der Waals surface area contributed by atoms with Crippen LogP contribution in [0.4, 0.5) is 10.1 Å². The van der Waals surface area contributed by atoms with Crippen LogP contribution in [0.1, 0.15) is 12.0 Å². The van der Waals surface area contributed by atoms with Gasteiger partial charge in [0.05, 0.1) is 13.7 Å². The lowest BCUT2D eigenvalue weighted by Crippen LogP contribution is -2.39. The summed E-state index contributed by atoms with van der Waals surface area (Å²) >= 11 is 0. The Kier molecular flexibility index (Phi) is 7.07. The summed E-state index contributed by atoms with van der Waals surface area (Å²) in [5.41, 5.74) is 6.93. The average molecular weight is 423 g/mol. The summed E-state index contributed by atoms with van der Waals surface area (Å²) in [7, 11) is 3.37. The topological polar surface area (TPSA) is 75.9 Å². The largest absolute Gasteiger partial charge is 0.497 e. The van der Waals surface area contributed by atoms with Crippen LogP contribution in [0.2, 0.25) is 0 Å². The van der Waals surface area contributed by atoms with Gasteiger partial charge >= 0.3 is 0 Å². The summed E-state index contributed by atoms with van der Waals surface area (Å²) in [6, 6.07) is 17.7. The number of hydrogen-bond donors (Lipinski definition) is 1. The van der Waals surface area contributed by atoms with Crippen LogP contribution in [0.3, 0.4) is 0 Å². The highest BCUT2D eigenvalue weighted by Gasteiger charge is 2.16. The first-order valence-corrected chi connectivity index (χ1v) is 9.95. The number of halogens is 1. The molecule has 162 valence electrons. The molecule has 0 atom stereocenters. The van der Waals surface area contributed by atoms with E-state index in [2.05, 4.69) is 0 Å². The van der Waals surface area contributed by atoms with Gasteiger partial charge in [0.25, 0.3) is 0 Å². The van der Waals surface area contributed by atoms with Crippen molar-refractivity contribution in [3.8, 4) is 5.75 Å². The number of hydrogen-bond acceptors (Lipinski definition) is 4. The van der Waals surface area contributed by atoms with E-state index in [1.165, 1.54) is 12.1 Å². The van der Waals surface area contributed by atoms with Gasteiger partial charge in [-0.2, -0.15) is 0 Å². The fourth-order valence-electron chi connectivity index (χ4n) is 3.34. The van der Waals surface area contributed by atoms with Crippen molar-refractivity contribution in [3.05, 3.63) is 72.0 Å². The molecule has 2 amide bonds. The van der Waals surface area contributed by atoms with Gasteiger partial charge < -0.3 is 20.3 Å². The van der Waals surface area contributed by atoms with Gasteiger partial charge in [-0.1, -0.05) is 18.2 Å². The van der Waals surface area contributed by atoms with E-state index in [1.807, 2.05) is 36.4 Å². The maximum atomic E-state index is 13.3. The molecule has 2 N–H and O–H groups in total. The summed E-state index contributed by atoms with van der Waals surface area (Å²) in [5.74, 6) is -0.148. The molecule has 0 aromatic heterocycles. The lowest BCUT2D eigenvalue weighted by Gasteiger charge is -2.27. The monoisotopic (exact) mass is 423 g/mol. The van der Waals surface area contributed by atoms with Crippen molar-refractivity contribution in [3.63, 3.8) is 0 Å². The Morgan fingerprint density at radius 2 is 1.68 bits per heavy atom. The Morgan fingerprint density at radius 1 is 1.00 bits per heavy atom. The number of fused-ring (bicyclic) bond motifs is 1. The van der Waals surface area contributed by atoms with Crippen LogP contribution >= 0.6 is 0 Å². The van der Waals surface area contributed by atoms with E-state index >= 15 is 0 Å². The minimum atomic E-state index is -0.458. The van der Waals surface area contributed by atoms with Gasteiger partial charge in [0.2, 0.25) is 11.8 Å². The molecule has 0 spiro atoms. The van der Waals surface area contributed by atoms with Crippen molar-refractivity contribution in [2.24, 2.45) is 5.73 Å². The van der Waals surface area contributed by atoms with Gasteiger partial charge in [0, 0.05) is 32.2 Å². The predicted molar refractivity (Wildman–Crippen MR) is 119 cm³/mol. The van der Waals surface area contributed by atoms with Gasteiger partial charge in [-0.25, -0.2) is 4.39 Å². The summed E-state index contributed by atoms with van der Waals surface area (Å²) in [6.45, 7) is 0.770. The van der Waals surface area contributed by atoms with Gasteiger partial charge in [-0.05, 0) is 58.8 Å². The third-order valence-electron chi connectivity index (χ3n) is 5.10. The molecule has 0 radical (unpaired) electrons. The van der Waals surface area contributed by atoms with Crippen molar-refractivity contribution in [1.82, 2.24) is 4.90 Å². The molecule has 3 aromatic rings. The molecular formula is C24H26FN3O3. The molecule has 0 aliphatic carbocycles. The smallest absolute Gasteiger partial charge is 0.242 e. The van der Waals surface area contributed by atoms with Crippen LogP contribution in [-0.4, -0.2) is 44.0 Å². The minimum absolute atomic E-state index is 0.0557. The van der Waals surface area contributed by atoms with Crippen molar-refractivity contribution in [2.75, 3.05) is 32.1 Å². The van der Waals surface area contributed by atoms with Crippen molar-refractivity contribution in [2.45, 2.75) is 13.0 Å². The Hall–Kier alpha value is -3.61. The van der Waals surface area contributed by atoms with E-state index in [0.29, 0.717) is 12.2 Å². The van der Waals surface area contributed by atoms with Crippen molar-refractivity contribution in [1.29, 1.82) is 0 Å². The summed E-state index contributed by atoms with van der Waals surface area (Å²) < 4.78 is 18.5. The van der Waals surface area contributed by atoms with Crippen molar-refractivity contribution < 1.29 is 18.7 Å². The molecule has 6 nitrogen and oxygen atoms in total. The number of primary amides is 1. The molecular weight excluding hydrogens is 397 g/mol. The number of likely N-dealkylation sites (N-methyl/N-ethyl adjacent to an activating group) is 1. The molecule has 3 rings (SSSR count). The number of amides is 2. The number of methoxy groups -OCH3 is 1. The molecule has 7 heteroatoms. The molecule has 0 bridgehead atoms. The highest BCUT2D eigenvalue weighted by molar-refractivity contribution is 5.85. The quantitative estimate of drug-likeness (QED) is 0.573. The highest BCUT2D eigenvalue weighted by atomic mass is 19.1. The van der Waals surface area contributed by atoms with E-state index in [4.69, 9.17) is 10.5 Å². The number of carbonyl (C=O) groups is 2. The van der Waals surface area contributed by atoms with E-state index in [0.717, 1.165) is 22.1 Å². The lowest BCUT2D eigenvalue weighted by atomic mass is 10.1. The normalized spacial score (nSPS) is 10.7. The second-order valence-electron chi connectivity index (χ2n) is 7.41. The van der Waals surface area contributed by atoms with Gasteiger partial charge in [0.15, 0.2) is 0 Å². The van der Waals surface area contributed by atoms with Gasteiger partial charge in [-0.15, -0.1) is 0 Å². The fraction of sp³-hybridized carbons (Fsp3) is 0.250. The zero-order valence-corrected chi connectivity index (χ0v) is 17.7. The van der Waals surface area contributed by atoms with Crippen molar-refractivity contribution >= 4 is 28.3 Å². The number of carbonyl (C=O) groups excluding carboxylic acids is 2. The third-order valence-corrected chi connectivity index (χ3v) is 5.10. The minimum Gasteiger partial charge on any atom is -0.497 e. The van der Waals surface area contributed by atoms with Crippen LogP contribution < -0.4 is 15.4 Å². The van der Waals surface area contributed by atoms with Crippen LogP contribution in [0.15, 0.2) is 60.7 Å². The Labute approximate surface area is 181 Å². The first-order valence-electron chi connectivity index (χ1n) is 9.95. The predicted octanol–water partition coefficient (Wildman–Crippen LogP) is 3.33. The third kappa shape index (κ3) is 5.94. The first-order chi connectivity index (χ1) is 14.9.